The molecular formula is C59H58Cl4N8O10S2. The van der Waals surface area contributed by atoms with Gasteiger partial charge in [-0.1, -0.05) is 82.8 Å². The van der Waals surface area contributed by atoms with Crippen LogP contribution in [0.2, 0.25) is 20.1 Å². The number of nitrogens with one attached hydrogen (secondary N) is 2. The quantitative estimate of drug-likeness (QED) is 0.0684. The molecular weight excluding hydrogens is 1190 g/mol. The van der Waals surface area contributed by atoms with Crippen LogP contribution < -0.4 is 10.6 Å². The predicted octanol–water partition coefficient (Wildman–Crippen LogP) is 11.6. The molecule has 2 saturated heterocycles. The van der Waals surface area contributed by atoms with Gasteiger partial charge in [0.2, 0.25) is 11.8 Å². The Bertz CT molecular complexity index is 3770. The summed E-state index contributed by atoms with van der Waals surface area (Å²) in [4.78, 5) is 90.1. The number of ether oxygens (including phenoxy) is 3. The third-order valence-electron chi connectivity index (χ3n) is 14.7. The van der Waals surface area contributed by atoms with Crippen molar-refractivity contribution in [2.24, 2.45) is 14.1 Å². The van der Waals surface area contributed by atoms with Crippen LogP contribution in [0.1, 0.15) is 89.4 Å². The first kappa shape index (κ1) is 60.7. The molecule has 4 amide bonds. The first-order chi connectivity index (χ1) is 39.8. The molecule has 10 rings (SSSR count). The number of aryl methyl sites for hydroxylation is 4. The smallest absolute Gasteiger partial charge is 0.305 e. The lowest BCUT2D eigenvalue weighted by Crippen LogP contribution is -2.33. The molecule has 2 aliphatic heterocycles. The highest BCUT2D eigenvalue weighted by molar-refractivity contribution is 7.12. The Labute approximate surface area is 506 Å². The third-order valence-corrected chi connectivity index (χ3v) is 18.3. The van der Waals surface area contributed by atoms with Crippen LogP contribution in [0.15, 0.2) is 97.6 Å². The van der Waals surface area contributed by atoms with Crippen LogP contribution in [0.4, 0.5) is 11.4 Å². The number of carbonyl (C=O) groups excluding carboxylic acids is 5. The molecule has 8 aromatic rings. The highest BCUT2D eigenvalue weighted by Crippen LogP contribution is 2.40. The van der Waals surface area contributed by atoms with Gasteiger partial charge < -0.3 is 48.9 Å². The van der Waals surface area contributed by atoms with Crippen molar-refractivity contribution in [2.75, 3.05) is 45.1 Å². The number of hydrogen-bond donors (Lipinski definition) is 3. The third kappa shape index (κ3) is 14.0. The monoisotopic (exact) mass is 1240 g/mol. The van der Waals surface area contributed by atoms with Gasteiger partial charge >= 0.3 is 11.9 Å². The highest BCUT2D eigenvalue weighted by Gasteiger charge is 2.40. The van der Waals surface area contributed by atoms with Gasteiger partial charge in [0.15, 0.2) is 0 Å². The molecule has 0 spiro atoms. The van der Waals surface area contributed by atoms with Crippen molar-refractivity contribution in [1.29, 1.82) is 0 Å². The summed E-state index contributed by atoms with van der Waals surface area (Å²) in [6, 6.07) is 21.1. The van der Waals surface area contributed by atoms with E-state index in [4.69, 9.17) is 65.7 Å². The van der Waals surface area contributed by atoms with E-state index in [9.17, 15) is 28.8 Å². The van der Waals surface area contributed by atoms with Crippen molar-refractivity contribution in [3.05, 3.63) is 160 Å². The minimum Gasteiger partial charge on any atom is -0.481 e. The molecule has 24 heteroatoms. The van der Waals surface area contributed by atoms with Crippen molar-refractivity contribution in [1.82, 2.24) is 28.9 Å². The number of benzene rings is 4. The van der Waals surface area contributed by atoms with Crippen molar-refractivity contribution >= 4 is 138 Å². The average Bonchev–Trinajstić information content (AvgIpc) is 4.57. The summed E-state index contributed by atoms with van der Waals surface area (Å²) in [6.07, 6.45) is 9.08. The number of likely N-dealkylation sites (tertiary alicyclic amines) is 2. The Morgan fingerprint density at radius 2 is 1.04 bits per heavy atom. The standard InChI is InChI=1S/C30H30Cl2N4O5S.C29H28Cl2N4O5S/c1-35-16-21(20-6-4-5-7-25(20)35)29(39)34-24-13-22(31)17(10-23(24)32)11-27(37)36-15-18(40-2)12-26(36)30-33-14-19(42-30)8-9-28(38)41-3;1-34-15-20(19-5-3-4-6-24(19)34)28(39)33-23-12-21(30)16(9-22(23)31)10-26(36)35-14-17(40-2)11-25(35)29-32-13-18(41-29)7-8-27(37)38/h4-7,10,13-14,16,18,26H,8-9,11-12,15H2,1-3H3,(H,34,39);3-6,9,12-13,15,17,25H,7-8,10-11,14H2,1-2H3,(H,33,39)(H,37,38)/t18-,26+;17-,25+/m11/s1. The fourth-order valence-electron chi connectivity index (χ4n) is 10.3. The summed E-state index contributed by atoms with van der Waals surface area (Å²) in [7, 11) is 8.36. The second-order valence-corrected chi connectivity index (χ2v) is 24.0. The molecule has 0 radical (unpaired) electrons. The molecule has 0 bridgehead atoms. The molecule has 2 aliphatic rings. The van der Waals surface area contributed by atoms with Crippen molar-refractivity contribution < 1.29 is 48.1 Å². The normalized spacial score (nSPS) is 16.7. The van der Waals surface area contributed by atoms with E-state index < -0.39 is 5.97 Å². The first-order valence-electron chi connectivity index (χ1n) is 26.3. The lowest BCUT2D eigenvalue weighted by atomic mass is 10.1. The van der Waals surface area contributed by atoms with Gasteiger partial charge in [-0.25, -0.2) is 9.97 Å². The Morgan fingerprint density at radius 3 is 1.45 bits per heavy atom. The van der Waals surface area contributed by atoms with Crippen LogP contribution in [0.5, 0.6) is 0 Å². The number of rotatable bonds is 18. The summed E-state index contributed by atoms with van der Waals surface area (Å²) in [5.41, 5.74) is 4.68. The number of para-hydroxylation sites is 2. The van der Waals surface area contributed by atoms with E-state index in [0.717, 1.165) is 41.6 Å². The number of esters is 1. The SMILES string of the molecule is COC(=O)CCc1cnc([C@@H]2C[C@@H](OC)CN2C(=O)Cc2cc(Cl)c(NC(=O)c3cn(C)c4ccccc34)cc2Cl)s1.CO[C@@H]1C[C@@H](c2ncc(CCC(=O)O)s2)N(C(=O)Cc2cc(Cl)c(NC(=O)c3cn(C)c4ccccc34)cc2Cl)C1. The number of aliphatic carboxylic acids is 1. The lowest BCUT2D eigenvalue weighted by molar-refractivity contribution is -0.140. The maximum Gasteiger partial charge on any atom is 0.305 e. The highest BCUT2D eigenvalue weighted by atomic mass is 35.5. The Morgan fingerprint density at radius 1 is 0.614 bits per heavy atom. The fourth-order valence-corrected chi connectivity index (χ4v) is 13.3. The van der Waals surface area contributed by atoms with Crippen molar-refractivity contribution in [3.63, 3.8) is 0 Å². The summed E-state index contributed by atoms with van der Waals surface area (Å²) in [5, 5.41) is 19.0. The maximum atomic E-state index is 13.6. The molecule has 3 N–H and O–H groups in total. The second kappa shape index (κ2) is 26.8. The Balaban J connectivity index is 0.000000200. The molecule has 4 aromatic carbocycles. The second-order valence-electron chi connectivity index (χ2n) is 20.1. The molecule has 434 valence electrons. The summed E-state index contributed by atoms with van der Waals surface area (Å²) in [6.45, 7) is 0.816. The largest absolute Gasteiger partial charge is 0.481 e. The number of thiazole rings is 2. The van der Waals surface area contributed by atoms with Gasteiger partial charge in [0.1, 0.15) is 10.0 Å². The number of halogens is 4. The number of hydrogen-bond acceptors (Lipinski definition) is 13. The number of carbonyl (C=O) groups is 6. The zero-order valence-electron chi connectivity index (χ0n) is 45.8. The topological polar surface area (TPSA) is 217 Å². The number of carboxylic acids is 1. The van der Waals surface area contributed by atoms with E-state index in [1.807, 2.05) is 71.8 Å². The number of methoxy groups -OCH3 is 3. The molecule has 83 heavy (non-hydrogen) atoms. The minimum atomic E-state index is -0.869. The van der Waals surface area contributed by atoms with Crippen molar-refractivity contribution in [2.45, 2.75) is 75.7 Å². The Kier molecular flexibility index (Phi) is 19.6. The Hall–Kier alpha value is -6.88. The van der Waals surface area contributed by atoms with Crippen LogP contribution in [0.25, 0.3) is 21.8 Å². The number of amides is 4. The van der Waals surface area contributed by atoms with Crippen LogP contribution in [-0.2, 0) is 73.2 Å². The van der Waals surface area contributed by atoms with E-state index in [0.29, 0.717) is 82.4 Å². The minimum absolute atomic E-state index is 0.000281. The molecule has 0 saturated carbocycles. The fraction of sp³-hybridized carbons (Fsp3) is 0.322. The summed E-state index contributed by atoms with van der Waals surface area (Å²) < 4.78 is 19.6. The van der Waals surface area contributed by atoms with Gasteiger partial charge in [0.05, 0.1) is 89.6 Å². The molecule has 18 nitrogen and oxygen atoms in total. The van der Waals surface area contributed by atoms with E-state index in [2.05, 4.69) is 20.6 Å². The molecule has 6 heterocycles. The molecule has 2 fully saturated rings. The van der Waals surface area contributed by atoms with Gasteiger partial charge in [-0.2, -0.15) is 0 Å². The van der Waals surface area contributed by atoms with E-state index in [1.165, 1.54) is 29.8 Å². The van der Waals surface area contributed by atoms with Gasteiger partial charge in [0.25, 0.3) is 11.8 Å². The predicted molar refractivity (Wildman–Crippen MR) is 322 cm³/mol. The molecule has 0 unspecified atom stereocenters. The summed E-state index contributed by atoms with van der Waals surface area (Å²) >= 11 is 29.2. The lowest BCUT2D eigenvalue weighted by Gasteiger charge is -2.23. The number of anilines is 2. The van der Waals surface area contributed by atoms with E-state index in [-0.39, 0.29) is 89.6 Å². The van der Waals surface area contributed by atoms with Crippen molar-refractivity contribution in [3.8, 4) is 0 Å². The summed E-state index contributed by atoms with van der Waals surface area (Å²) in [5.74, 6) is -2.09. The van der Waals surface area contributed by atoms with Crippen LogP contribution >= 0.6 is 69.1 Å². The molecule has 4 aromatic heterocycles. The van der Waals surface area contributed by atoms with E-state index >= 15 is 0 Å². The number of fused-ring (bicyclic) bond motifs is 2. The number of nitrogens with zero attached hydrogens (tertiary/aromatic N) is 6. The maximum absolute atomic E-state index is 13.6. The average molecular weight is 1250 g/mol. The first-order valence-corrected chi connectivity index (χ1v) is 29.5. The molecule has 4 atom stereocenters. The van der Waals surface area contributed by atoms with Crippen LogP contribution in [0.3, 0.4) is 0 Å². The van der Waals surface area contributed by atoms with Crippen LogP contribution in [-0.4, -0.2) is 116 Å². The zero-order valence-corrected chi connectivity index (χ0v) is 50.4. The molecule has 0 aliphatic carbocycles. The van der Waals surface area contributed by atoms with Crippen LogP contribution in [0, 0.1) is 0 Å². The number of aromatic nitrogens is 4. The van der Waals surface area contributed by atoms with Gasteiger partial charge in [-0.05, 0) is 60.4 Å². The van der Waals surface area contributed by atoms with Gasteiger partial charge in [-0.3, -0.25) is 28.8 Å². The number of carboxylic acid groups (broad SMARTS) is 1. The van der Waals surface area contributed by atoms with E-state index in [1.54, 1.807) is 73.1 Å². The zero-order chi connectivity index (χ0) is 59.2. The van der Waals surface area contributed by atoms with Gasteiger partial charge in [0, 0.05) is 121 Å². The van der Waals surface area contributed by atoms with Gasteiger partial charge in [-0.15, -0.1) is 22.7 Å².